The maximum atomic E-state index is 6.05. The molecule has 1 aromatic rings. The van der Waals surface area contributed by atoms with Gasteiger partial charge in [-0.2, -0.15) is 0 Å². The molecule has 1 fully saturated rings. The van der Waals surface area contributed by atoms with Crippen molar-refractivity contribution in [3.63, 3.8) is 0 Å². The van der Waals surface area contributed by atoms with E-state index in [1.54, 1.807) is 7.11 Å². The molecular weight excluding hydrogens is 259 g/mol. The fourth-order valence-corrected chi connectivity index (χ4v) is 2.27. The molecule has 0 aliphatic carbocycles. The molecule has 2 heterocycles. The van der Waals surface area contributed by atoms with Gasteiger partial charge in [0.25, 0.3) is 0 Å². The summed E-state index contributed by atoms with van der Waals surface area (Å²) in [5, 5.41) is 0. The van der Waals surface area contributed by atoms with E-state index in [0.717, 1.165) is 5.46 Å². The van der Waals surface area contributed by atoms with Gasteiger partial charge in [0.2, 0.25) is 6.79 Å². The first-order valence-electron chi connectivity index (χ1n) is 6.67. The molecule has 6 heteroatoms. The molecule has 0 atom stereocenters. The Morgan fingerprint density at radius 2 is 1.55 bits per heavy atom. The predicted molar refractivity (Wildman–Crippen MR) is 74.8 cm³/mol. The van der Waals surface area contributed by atoms with E-state index in [4.69, 9.17) is 23.5 Å². The number of hydrogen-bond acceptors (Lipinski definition) is 5. The van der Waals surface area contributed by atoms with Crippen LogP contribution in [0, 0.1) is 0 Å². The number of ether oxygens (including phenoxy) is 3. The van der Waals surface area contributed by atoms with E-state index in [2.05, 4.69) is 0 Å². The van der Waals surface area contributed by atoms with Gasteiger partial charge in [0, 0.05) is 11.5 Å². The van der Waals surface area contributed by atoms with Gasteiger partial charge in [-0.3, -0.25) is 0 Å². The van der Waals surface area contributed by atoms with Gasteiger partial charge in [0.05, 0.1) is 18.3 Å². The molecule has 0 aromatic heterocycles. The normalized spacial score (nSPS) is 22.1. The Labute approximate surface area is 119 Å². The van der Waals surface area contributed by atoms with Gasteiger partial charge in [-0.25, -0.2) is 0 Å². The minimum atomic E-state index is -0.482. The van der Waals surface area contributed by atoms with Crippen LogP contribution in [0.4, 0.5) is 0 Å². The SMILES string of the molecule is COc1cc2c(cc1B1OC(C)(C)C(C)(C)O1)OCO2. The Balaban J connectivity index is 1.99. The van der Waals surface area contributed by atoms with Gasteiger partial charge in [0.1, 0.15) is 5.75 Å². The number of methoxy groups -OCH3 is 1. The first-order valence-corrected chi connectivity index (χ1v) is 6.67. The van der Waals surface area contributed by atoms with Crippen molar-refractivity contribution in [3.05, 3.63) is 12.1 Å². The van der Waals surface area contributed by atoms with E-state index in [0.29, 0.717) is 17.2 Å². The summed E-state index contributed by atoms with van der Waals surface area (Å²) in [6, 6.07) is 3.67. The quantitative estimate of drug-likeness (QED) is 0.771. The van der Waals surface area contributed by atoms with Crippen molar-refractivity contribution in [2.45, 2.75) is 38.9 Å². The first-order chi connectivity index (χ1) is 9.34. The van der Waals surface area contributed by atoms with E-state index in [-0.39, 0.29) is 18.0 Å². The van der Waals surface area contributed by atoms with Crippen molar-refractivity contribution in [2.24, 2.45) is 0 Å². The van der Waals surface area contributed by atoms with Crippen LogP contribution in [0.25, 0.3) is 0 Å². The van der Waals surface area contributed by atoms with Crippen LogP contribution in [0.15, 0.2) is 12.1 Å². The fraction of sp³-hybridized carbons (Fsp3) is 0.571. The Kier molecular flexibility index (Phi) is 2.92. The number of fused-ring (bicyclic) bond motifs is 1. The molecule has 3 rings (SSSR count). The summed E-state index contributed by atoms with van der Waals surface area (Å²) in [5.41, 5.74) is 0.0355. The van der Waals surface area contributed by atoms with Crippen LogP contribution in [0.2, 0.25) is 0 Å². The van der Waals surface area contributed by atoms with E-state index in [9.17, 15) is 0 Å². The molecule has 2 aliphatic heterocycles. The third kappa shape index (κ3) is 1.94. The van der Waals surface area contributed by atoms with Crippen LogP contribution >= 0.6 is 0 Å². The van der Waals surface area contributed by atoms with Gasteiger partial charge in [-0.1, -0.05) is 0 Å². The molecule has 0 bridgehead atoms. The molecule has 5 nitrogen and oxygen atoms in total. The zero-order valence-corrected chi connectivity index (χ0v) is 12.5. The minimum Gasteiger partial charge on any atom is -0.497 e. The first kappa shape index (κ1) is 13.6. The molecule has 0 saturated carbocycles. The summed E-state index contributed by atoms with van der Waals surface area (Å²) < 4.78 is 28.3. The van der Waals surface area contributed by atoms with E-state index >= 15 is 0 Å². The maximum Gasteiger partial charge on any atom is 0.498 e. The standard InChI is InChI=1S/C14H19BO5/c1-13(2)14(3,4)20-15(19-13)9-6-11-12(18-8-17-11)7-10(9)16-5/h6-7H,8H2,1-5H3. The van der Waals surface area contributed by atoms with Crippen molar-refractivity contribution < 1.29 is 23.5 Å². The van der Waals surface area contributed by atoms with Crippen LogP contribution in [0.5, 0.6) is 17.2 Å². The average molecular weight is 278 g/mol. The second kappa shape index (κ2) is 4.30. The van der Waals surface area contributed by atoms with Gasteiger partial charge >= 0.3 is 7.12 Å². The van der Waals surface area contributed by atoms with Gasteiger partial charge in [-0.15, -0.1) is 0 Å². The van der Waals surface area contributed by atoms with Crippen molar-refractivity contribution >= 4 is 12.6 Å². The second-order valence-corrected chi connectivity index (χ2v) is 6.04. The zero-order chi connectivity index (χ0) is 14.5. The molecule has 0 spiro atoms. The summed E-state index contributed by atoms with van der Waals surface area (Å²) >= 11 is 0. The third-order valence-electron chi connectivity index (χ3n) is 4.23. The molecule has 0 N–H and O–H groups in total. The molecule has 0 unspecified atom stereocenters. The third-order valence-corrected chi connectivity index (χ3v) is 4.23. The lowest BCUT2D eigenvalue weighted by Gasteiger charge is -2.32. The monoisotopic (exact) mass is 278 g/mol. The molecule has 2 aliphatic rings. The van der Waals surface area contributed by atoms with E-state index < -0.39 is 7.12 Å². The van der Waals surface area contributed by atoms with Crippen LogP contribution in [0.1, 0.15) is 27.7 Å². The number of benzene rings is 1. The Hall–Kier alpha value is -1.40. The zero-order valence-electron chi connectivity index (χ0n) is 12.5. The molecule has 20 heavy (non-hydrogen) atoms. The van der Waals surface area contributed by atoms with Crippen molar-refractivity contribution in [1.29, 1.82) is 0 Å². The highest BCUT2D eigenvalue weighted by Gasteiger charge is 2.52. The van der Waals surface area contributed by atoms with Crippen LogP contribution < -0.4 is 19.7 Å². The largest absolute Gasteiger partial charge is 0.498 e. The highest BCUT2D eigenvalue weighted by molar-refractivity contribution is 6.63. The molecular formula is C14H19BO5. The highest BCUT2D eigenvalue weighted by Crippen LogP contribution is 2.39. The fourth-order valence-electron chi connectivity index (χ4n) is 2.27. The van der Waals surface area contributed by atoms with Crippen molar-refractivity contribution in [2.75, 3.05) is 13.9 Å². The maximum absolute atomic E-state index is 6.05. The Morgan fingerprint density at radius 3 is 2.10 bits per heavy atom. The highest BCUT2D eigenvalue weighted by atomic mass is 16.7. The van der Waals surface area contributed by atoms with Gasteiger partial charge < -0.3 is 23.5 Å². The molecule has 0 amide bonds. The topological polar surface area (TPSA) is 46.2 Å². The van der Waals surface area contributed by atoms with Gasteiger partial charge in [0.15, 0.2) is 11.5 Å². The minimum absolute atomic E-state index is 0.227. The lowest BCUT2D eigenvalue weighted by Crippen LogP contribution is -2.41. The van der Waals surface area contributed by atoms with Crippen LogP contribution in [-0.4, -0.2) is 32.2 Å². The summed E-state index contributed by atoms with van der Waals surface area (Å²) in [5.74, 6) is 2.05. The summed E-state index contributed by atoms with van der Waals surface area (Å²) in [7, 11) is 1.14. The Bertz CT molecular complexity index is 525. The summed E-state index contributed by atoms with van der Waals surface area (Å²) in [6.07, 6.45) is 0. The van der Waals surface area contributed by atoms with Crippen LogP contribution in [0.3, 0.4) is 0 Å². The Morgan fingerprint density at radius 1 is 1.00 bits per heavy atom. The lowest BCUT2D eigenvalue weighted by molar-refractivity contribution is 0.00578. The smallest absolute Gasteiger partial charge is 0.497 e. The van der Waals surface area contributed by atoms with E-state index in [1.165, 1.54) is 0 Å². The molecule has 0 radical (unpaired) electrons. The predicted octanol–water partition coefficient (Wildman–Crippen LogP) is 1.72. The number of hydrogen-bond donors (Lipinski definition) is 0. The lowest BCUT2D eigenvalue weighted by atomic mass is 9.78. The summed E-state index contributed by atoms with van der Waals surface area (Å²) in [4.78, 5) is 0. The number of rotatable bonds is 2. The molecule has 1 saturated heterocycles. The average Bonchev–Trinajstić information content (AvgIpc) is 2.89. The van der Waals surface area contributed by atoms with Crippen molar-refractivity contribution in [3.8, 4) is 17.2 Å². The second-order valence-electron chi connectivity index (χ2n) is 6.04. The van der Waals surface area contributed by atoms with E-state index in [1.807, 2.05) is 39.8 Å². The van der Waals surface area contributed by atoms with Crippen molar-refractivity contribution in [1.82, 2.24) is 0 Å². The van der Waals surface area contributed by atoms with Crippen LogP contribution in [-0.2, 0) is 9.31 Å². The summed E-state index contributed by atoms with van der Waals surface area (Å²) in [6.45, 7) is 8.31. The molecule has 108 valence electrons. The molecule has 1 aromatic carbocycles. The van der Waals surface area contributed by atoms with Gasteiger partial charge in [-0.05, 0) is 33.8 Å².